The first kappa shape index (κ1) is 39.0. The van der Waals surface area contributed by atoms with Crippen LogP contribution >= 0.6 is 0 Å². The maximum absolute atomic E-state index is 14.4. The molecule has 1 aromatic carbocycles. The van der Waals surface area contributed by atoms with Gasteiger partial charge in [-0.2, -0.15) is 0 Å². The molecule has 3 heterocycles. The number of amides is 4. The molecule has 54 heavy (non-hydrogen) atoms. The van der Waals surface area contributed by atoms with Gasteiger partial charge >= 0.3 is 6.09 Å². The zero-order valence-corrected chi connectivity index (χ0v) is 31.6. The van der Waals surface area contributed by atoms with Gasteiger partial charge in [0.15, 0.2) is 0 Å². The lowest BCUT2D eigenvalue weighted by atomic mass is 9.88. The molecule has 17 heteroatoms. The van der Waals surface area contributed by atoms with Gasteiger partial charge in [-0.15, -0.1) is 0 Å². The Hall–Kier alpha value is -4.67. The lowest BCUT2D eigenvalue weighted by molar-refractivity contribution is -0.142. The highest BCUT2D eigenvalue weighted by Gasteiger charge is 2.64. The van der Waals surface area contributed by atoms with E-state index >= 15 is 0 Å². The molecule has 7 atom stereocenters. The van der Waals surface area contributed by atoms with Crippen LogP contribution in [0.4, 0.5) is 9.18 Å². The Labute approximate surface area is 313 Å². The van der Waals surface area contributed by atoms with Gasteiger partial charge in [-0.3, -0.25) is 19.1 Å². The smallest absolute Gasteiger partial charge is 0.405 e. The number of ether oxygens (including phenoxy) is 3. The average molecular weight is 774 g/mol. The summed E-state index contributed by atoms with van der Waals surface area (Å²) in [6.45, 7) is 4.73. The lowest BCUT2D eigenvalue weighted by Crippen LogP contribution is -2.59. The molecule has 4 aliphatic rings. The fraction of sp³-hybridized carbons (Fsp3) is 0.595. The van der Waals surface area contributed by atoms with E-state index in [2.05, 4.69) is 20.3 Å². The number of aromatic nitrogens is 1. The molecule has 4 N–H and O–H groups in total. The van der Waals surface area contributed by atoms with Crippen LogP contribution in [0, 0.1) is 17.8 Å². The molecule has 2 aromatic rings. The second kappa shape index (κ2) is 15.2. The summed E-state index contributed by atoms with van der Waals surface area (Å²) >= 11 is 0. The van der Waals surface area contributed by atoms with Crippen LogP contribution in [0.2, 0.25) is 0 Å². The Morgan fingerprint density at radius 1 is 1.17 bits per heavy atom. The van der Waals surface area contributed by atoms with E-state index in [4.69, 9.17) is 14.2 Å². The molecule has 2 aliphatic heterocycles. The number of halogens is 1. The number of hydrogen-bond donors (Lipinski definition) is 4. The Bertz CT molecular complexity index is 1940. The Morgan fingerprint density at radius 3 is 2.59 bits per heavy atom. The number of nitrogens with zero attached hydrogens (tertiary/aromatic N) is 2. The van der Waals surface area contributed by atoms with Crippen LogP contribution in [0.3, 0.4) is 0 Å². The number of benzene rings is 1. The molecule has 15 nitrogen and oxygen atoms in total. The summed E-state index contributed by atoms with van der Waals surface area (Å²) in [7, 11) is -2.86. The minimum atomic E-state index is -4.40. The monoisotopic (exact) mass is 773 g/mol. The topological polar surface area (TPSA) is 203 Å². The van der Waals surface area contributed by atoms with Crippen molar-refractivity contribution in [2.24, 2.45) is 17.8 Å². The highest BCUT2D eigenvalue weighted by molar-refractivity contribution is 7.91. The van der Waals surface area contributed by atoms with Gasteiger partial charge in [0.25, 0.3) is 5.91 Å². The molecular formula is C37H48FN5O10S. The largest absolute Gasteiger partial charge is 0.497 e. The number of hydrogen-bond acceptors (Lipinski definition) is 10. The zero-order valence-electron chi connectivity index (χ0n) is 30.8. The highest BCUT2D eigenvalue weighted by Crippen LogP contribution is 2.48. The normalized spacial score (nSPS) is 29.5. The number of carboxylic acid groups (broad SMARTS) is 1. The first-order valence-corrected chi connectivity index (χ1v) is 19.8. The lowest BCUT2D eigenvalue weighted by Gasteiger charge is -2.32. The van der Waals surface area contributed by atoms with Gasteiger partial charge in [0.2, 0.25) is 27.7 Å². The van der Waals surface area contributed by atoms with E-state index in [1.54, 1.807) is 31.2 Å². The number of methoxy groups -OCH3 is 1. The van der Waals surface area contributed by atoms with Crippen LogP contribution in [-0.2, 0) is 24.4 Å². The molecule has 0 spiro atoms. The number of allylic oxidation sites excluding steroid dienone is 1. The van der Waals surface area contributed by atoms with Crippen molar-refractivity contribution in [3.8, 4) is 17.4 Å². The standard InChI is InChI=1S/C37H48FN5O10S/c1-5-52-29-18-39-32(26-11-10-24(51-4)15-27(26)29)53-25-16-28-31(44)41-37(34(46)42-54(49,50)36(20-38)12-13-36)17-23(37)9-7-6-8-21(2)14-22(3)30(40-35(47)48)33(45)43(28)19-25/h7,9-11,15,18,21-23,25,28,30,40H,5-6,8,12-14,16-17,19-20H2,1-4H3,(H,41,44)(H,42,46)(H,47,48)/t21-,22-,23-,25-,28+,30+,37-/m1/s1. The predicted octanol–water partition coefficient (Wildman–Crippen LogP) is 3.46. The number of carbonyl (C=O) groups is 4. The minimum Gasteiger partial charge on any atom is -0.497 e. The van der Waals surface area contributed by atoms with E-state index in [0.717, 1.165) is 0 Å². The first-order chi connectivity index (χ1) is 25.7. The Kier molecular flexibility index (Phi) is 11.0. The van der Waals surface area contributed by atoms with Crippen molar-refractivity contribution in [3.63, 3.8) is 0 Å². The maximum Gasteiger partial charge on any atom is 0.405 e. The van der Waals surface area contributed by atoms with Crippen LogP contribution in [-0.4, -0.2) is 103 Å². The summed E-state index contributed by atoms with van der Waals surface area (Å²) < 4.78 is 58.0. The number of rotatable bonds is 10. The molecule has 3 fully saturated rings. The number of sulfonamides is 1. The fourth-order valence-electron chi connectivity index (χ4n) is 7.70. The third kappa shape index (κ3) is 7.64. The second-order valence-electron chi connectivity index (χ2n) is 15.0. The molecule has 4 amide bonds. The van der Waals surface area contributed by atoms with E-state index in [-0.39, 0.29) is 44.0 Å². The van der Waals surface area contributed by atoms with Crippen molar-refractivity contribution in [1.82, 2.24) is 25.2 Å². The summed E-state index contributed by atoms with van der Waals surface area (Å²) in [4.78, 5) is 60.3. The second-order valence-corrected chi connectivity index (χ2v) is 17.1. The number of alkyl halides is 1. The van der Waals surface area contributed by atoms with Crippen molar-refractivity contribution in [2.45, 2.75) is 94.2 Å². The van der Waals surface area contributed by atoms with Crippen LogP contribution in [0.25, 0.3) is 10.8 Å². The van der Waals surface area contributed by atoms with Crippen molar-refractivity contribution in [3.05, 3.63) is 36.5 Å². The quantitative estimate of drug-likeness (QED) is 0.258. The fourth-order valence-corrected chi connectivity index (χ4v) is 9.13. The van der Waals surface area contributed by atoms with Crippen LogP contribution in [0.5, 0.6) is 17.4 Å². The van der Waals surface area contributed by atoms with E-state index in [9.17, 15) is 37.1 Å². The number of carbonyl (C=O) groups excluding carboxylic acids is 3. The maximum atomic E-state index is 14.4. The van der Waals surface area contributed by atoms with Gasteiger partial charge in [-0.25, -0.2) is 22.6 Å². The first-order valence-electron chi connectivity index (χ1n) is 18.3. The Morgan fingerprint density at radius 2 is 1.93 bits per heavy atom. The predicted molar refractivity (Wildman–Crippen MR) is 194 cm³/mol. The minimum absolute atomic E-state index is 0.0594. The molecule has 0 radical (unpaired) electrons. The molecule has 2 aliphatic carbocycles. The van der Waals surface area contributed by atoms with Crippen LogP contribution < -0.4 is 29.6 Å². The van der Waals surface area contributed by atoms with Gasteiger partial charge in [0, 0.05) is 23.1 Å². The molecule has 0 unspecified atom stereocenters. The summed E-state index contributed by atoms with van der Waals surface area (Å²) in [5.74, 6) is -2.03. The van der Waals surface area contributed by atoms with Crippen LogP contribution in [0.15, 0.2) is 36.5 Å². The zero-order chi connectivity index (χ0) is 39.0. The molecule has 2 saturated carbocycles. The van der Waals surface area contributed by atoms with Crippen molar-refractivity contribution in [1.29, 1.82) is 0 Å². The summed E-state index contributed by atoms with van der Waals surface area (Å²) in [5, 5.41) is 16.2. The Balaban J connectivity index is 1.35. The summed E-state index contributed by atoms with van der Waals surface area (Å²) in [6.07, 6.45) is 4.92. The van der Waals surface area contributed by atoms with E-state index in [1.807, 2.05) is 19.9 Å². The van der Waals surface area contributed by atoms with Gasteiger partial charge in [-0.05, 0) is 75.5 Å². The number of fused-ring (bicyclic) bond motifs is 3. The molecule has 1 saturated heterocycles. The third-order valence-electron chi connectivity index (χ3n) is 11.1. The van der Waals surface area contributed by atoms with Crippen molar-refractivity contribution < 1.29 is 51.3 Å². The van der Waals surface area contributed by atoms with Crippen molar-refractivity contribution >= 4 is 44.6 Å². The SMILES string of the molecule is CCOc1cnc(O[C@@H]2C[C@H]3C(=O)N[C@]4(C(=O)NS(=O)(=O)C5(CF)CC5)C[C@H]4C=CCC[C@@H](C)C[C@@H](C)[C@H](NC(=O)O)C(=O)N3C2)c2ccc(OC)cc12. The van der Waals surface area contributed by atoms with Gasteiger partial charge in [0.1, 0.15) is 46.6 Å². The molecule has 6 rings (SSSR count). The van der Waals surface area contributed by atoms with Crippen molar-refractivity contribution in [2.75, 3.05) is 26.9 Å². The van der Waals surface area contributed by atoms with Gasteiger partial charge < -0.3 is 34.9 Å². The van der Waals surface area contributed by atoms with Gasteiger partial charge in [-0.1, -0.05) is 26.0 Å². The summed E-state index contributed by atoms with van der Waals surface area (Å²) in [6, 6.07) is 2.82. The average Bonchev–Trinajstić information content (AvgIpc) is 4.04. The number of pyridine rings is 1. The van der Waals surface area contributed by atoms with Crippen LogP contribution in [0.1, 0.15) is 65.7 Å². The summed E-state index contributed by atoms with van der Waals surface area (Å²) in [5.41, 5.74) is -1.68. The van der Waals surface area contributed by atoms with Gasteiger partial charge in [0.05, 0.1) is 26.5 Å². The third-order valence-corrected chi connectivity index (χ3v) is 13.3. The number of nitrogens with one attached hydrogen (secondary N) is 3. The molecule has 1 aromatic heterocycles. The van der Waals surface area contributed by atoms with E-state index in [1.165, 1.54) is 18.2 Å². The highest BCUT2D eigenvalue weighted by atomic mass is 32.2. The molecule has 294 valence electrons. The van der Waals surface area contributed by atoms with E-state index in [0.29, 0.717) is 48.1 Å². The van der Waals surface area contributed by atoms with E-state index < -0.39 is 80.8 Å². The molecular weight excluding hydrogens is 725 g/mol. The molecule has 0 bridgehead atoms.